The Hall–Kier alpha value is -3.86. The molecule has 3 aromatic carbocycles. The molecular weight excluding hydrogens is 670 g/mol. The summed E-state index contributed by atoms with van der Waals surface area (Å²) >= 11 is 0. The highest BCUT2D eigenvalue weighted by Crippen LogP contribution is 2.59. The number of sulfonamides is 1. The average molecular weight is 693 g/mol. The molecule has 7 unspecified atom stereocenters. The molecule has 1 aliphatic heterocycles. The maximum atomic E-state index is 14.7. The molecule has 246 valence electrons. The van der Waals surface area contributed by atoms with Gasteiger partial charge in [0.15, 0.2) is 11.6 Å². The predicted molar refractivity (Wildman–Crippen MR) is 149 cm³/mol. The van der Waals surface area contributed by atoms with E-state index in [9.17, 15) is 48.5 Å². The molecule has 1 N–H and O–H groups in total. The molecule has 1 heterocycles. The second-order valence-corrected chi connectivity index (χ2v) is 15.8. The molecule has 0 amide bonds. The minimum atomic E-state index is -6.02. The number of hydrogen-bond acceptors (Lipinski definition) is 9. The Kier molecular flexibility index (Phi) is 6.53. The van der Waals surface area contributed by atoms with Gasteiger partial charge in [0.05, 0.1) is 23.1 Å². The van der Waals surface area contributed by atoms with Gasteiger partial charge in [0, 0.05) is 17.8 Å². The average Bonchev–Trinajstić information content (AvgIpc) is 3.64. The van der Waals surface area contributed by atoms with E-state index in [4.69, 9.17) is 4.74 Å². The number of nitrogens with one attached hydrogen (secondary N) is 1. The zero-order chi connectivity index (χ0) is 33.3. The number of ether oxygens (including phenoxy) is 2. The van der Waals surface area contributed by atoms with Gasteiger partial charge in [0.25, 0.3) is 0 Å². The highest BCUT2D eigenvalue weighted by atomic mass is 32.2. The van der Waals surface area contributed by atoms with Crippen molar-refractivity contribution in [1.29, 1.82) is 0 Å². The van der Waals surface area contributed by atoms with Gasteiger partial charge >= 0.3 is 11.9 Å². The first-order chi connectivity index (χ1) is 22.2. The first-order valence-electron chi connectivity index (χ1n) is 14.6. The van der Waals surface area contributed by atoms with Crippen molar-refractivity contribution in [3.63, 3.8) is 0 Å². The maximum Gasteiger partial charge on any atom is 0.316 e. The van der Waals surface area contributed by atoms with Crippen molar-refractivity contribution in [2.75, 3.05) is 0 Å². The summed E-state index contributed by atoms with van der Waals surface area (Å²) < 4.78 is 131. The fourth-order valence-electron chi connectivity index (χ4n) is 8.78. The zero-order valence-electron chi connectivity index (χ0n) is 23.7. The lowest BCUT2D eigenvalue weighted by Gasteiger charge is -2.45. The van der Waals surface area contributed by atoms with E-state index in [1.165, 1.54) is 0 Å². The van der Waals surface area contributed by atoms with Crippen LogP contribution in [-0.2, 0) is 34.5 Å². The third kappa shape index (κ3) is 4.20. The molecule has 10 nitrogen and oxygen atoms in total. The Balaban J connectivity index is 1.10. The molecule has 3 aromatic rings. The Morgan fingerprint density at radius 3 is 1.91 bits per heavy atom. The van der Waals surface area contributed by atoms with Gasteiger partial charge in [-0.1, -0.05) is 48.5 Å². The van der Waals surface area contributed by atoms with Crippen molar-refractivity contribution in [2.24, 2.45) is 23.7 Å². The third-order valence-electron chi connectivity index (χ3n) is 10.4. The van der Waals surface area contributed by atoms with Crippen LogP contribution in [0.3, 0.4) is 0 Å². The monoisotopic (exact) mass is 692 g/mol. The van der Waals surface area contributed by atoms with Crippen LogP contribution in [0.15, 0.2) is 53.4 Å². The second-order valence-electron chi connectivity index (χ2n) is 12.6. The highest BCUT2D eigenvalue weighted by Gasteiger charge is 2.71. The topological polar surface area (TPSA) is 156 Å². The number of halogens is 4. The van der Waals surface area contributed by atoms with E-state index >= 15 is 0 Å². The molecule has 0 spiro atoms. The third-order valence-corrected chi connectivity index (χ3v) is 13.3. The van der Waals surface area contributed by atoms with Gasteiger partial charge in [-0.2, -0.15) is 8.78 Å². The van der Waals surface area contributed by atoms with Gasteiger partial charge in [-0.15, -0.1) is 0 Å². The maximum absolute atomic E-state index is 14.7. The van der Waals surface area contributed by atoms with Crippen molar-refractivity contribution in [3.05, 3.63) is 94.1 Å². The lowest BCUT2D eigenvalue weighted by atomic mass is 9.59. The molecule has 4 bridgehead atoms. The standard InChI is InChI=1S/C31H23F4NO9S2/c32-21-23(34)29(47(41,42)43)24(35)22(33)27(21)45-31(38)20-16-10-18-25(36-46(39,40)28(18)20)26(16)44-30(37)17-9-15-11-5-1-3-7-13(11)19(17)14-8-4-2-6-12(14)15/h1-8,15-20,25-26,28,36H,9-10H2,(H,41,42,43)/p-1. The molecule has 6 aliphatic rings. The second kappa shape index (κ2) is 10.1. The number of hydrogen-bond donors (Lipinski definition) is 1. The minimum absolute atomic E-state index is 0.0444. The van der Waals surface area contributed by atoms with Gasteiger partial charge in [-0.25, -0.2) is 30.3 Å². The normalized spacial score (nSPS) is 32.1. The SMILES string of the molecule is O=C(OC1C2CC3C1NS(=O)(=O)C3C2C(=O)Oc1c(F)c(F)c(S(=O)(=O)[O-])c(F)c1F)C1CC2c3ccccc3C1c1ccccc12. The molecular formula is C31H22F4NO9S2-. The summed E-state index contributed by atoms with van der Waals surface area (Å²) in [5, 5.41) is -1.47. The molecule has 1 saturated heterocycles. The number of carbonyl (C=O) groups excluding carboxylic acids is 2. The van der Waals surface area contributed by atoms with Gasteiger partial charge in [0.1, 0.15) is 21.1 Å². The Bertz CT molecular complexity index is 2070. The molecule has 7 atom stereocenters. The van der Waals surface area contributed by atoms with E-state index < -0.39 is 107 Å². The first-order valence-corrected chi connectivity index (χ1v) is 17.6. The number of carbonyl (C=O) groups is 2. The largest absolute Gasteiger partial charge is 0.744 e. The van der Waals surface area contributed by atoms with Crippen molar-refractivity contribution in [1.82, 2.24) is 4.72 Å². The lowest BCUT2D eigenvalue weighted by molar-refractivity contribution is -0.163. The number of fused-ring (bicyclic) bond motifs is 2. The van der Waals surface area contributed by atoms with Crippen LogP contribution >= 0.6 is 0 Å². The van der Waals surface area contributed by atoms with E-state index in [-0.39, 0.29) is 18.3 Å². The van der Waals surface area contributed by atoms with Crippen LogP contribution in [0.4, 0.5) is 17.6 Å². The van der Waals surface area contributed by atoms with Crippen LogP contribution in [0.1, 0.15) is 46.9 Å². The molecule has 0 radical (unpaired) electrons. The molecule has 9 rings (SSSR count). The Morgan fingerprint density at radius 1 is 0.809 bits per heavy atom. The van der Waals surface area contributed by atoms with E-state index in [2.05, 4.69) is 9.46 Å². The van der Waals surface area contributed by atoms with Crippen molar-refractivity contribution >= 4 is 32.1 Å². The summed E-state index contributed by atoms with van der Waals surface area (Å²) in [6.45, 7) is 0. The van der Waals surface area contributed by atoms with E-state index in [1.807, 2.05) is 48.5 Å². The summed E-state index contributed by atoms with van der Waals surface area (Å²) in [5.41, 5.74) is 4.14. The number of esters is 2. The lowest BCUT2D eigenvalue weighted by Crippen LogP contribution is -2.49. The predicted octanol–water partition coefficient (Wildman–Crippen LogP) is 3.20. The van der Waals surface area contributed by atoms with Crippen LogP contribution in [-0.4, -0.2) is 50.7 Å². The van der Waals surface area contributed by atoms with E-state index in [1.54, 1.807) is 0 Å². The van der Waals surface area contributed by atoms with Gasteiger partial charge in [-0.3, -0.25) is 9.59 Å². The fraction of sp³-hybridized carbons (Fsp3) is 0.355. The molecule has 3 fully saturated rings. The summed E-state index contributed by atoms with van der Waals surface area (Å²) in [4.78, 5) is 24.9. The molecule has 5 aliphatic carbocycles. The van der Waals surface area contributed by atoms with Crippen molar-refractivity contribution < 1.29 is 58.0 Å². The Labute approximate surface area is 264 Å². The quantitative estimate of drug-likeness (QED) is 0.140. The summed E-state index contributed by atoms with van der Waals surface area (Å²) in [5.74, 6) is -18.9. The first kappa shape index (κ1) is 30.5. The molecule has 0 aromatic heterocycles. The smallest absolute Gasteiger partial charge is 0.316 e. The fourth-order valence-corrected chi connectivity index (χ4v) is 11.7. The minimum Gasteiger partial charge on any atom is -0.744 e. The summed E-state index contributed by atoms with van der Waals surface area (Å²) in [7, 11) is -10.3. The van der Waals surface area contributed by atoms with Crippen LogP contribution in [0.5, 0.6) is 5.75 Å². The highest BCUT2D eigenvalue weighted by molar-refractivity contribution is 7.90. The Morgan fingerprint density at radius 2 is 1.36 bits per heavy atom. The number of rotatable bonds is 5. The van der Waals surface area contributed by atoms with Crippen LogP contribution < -0.4 is 9.46 Å². The van der Waals surface area contributed by atoms with Crippen LogP contribution in [0.2, 0.25) is 0 Å². The van der Waals surface area contributed by atoms with E-state index in [0.717, 1.165) is 22.3 Å². The van der Waals surface area contributed by atoms with Gasteiger partial charge in [-0.05, 0) is 41.0 Å². The summed E-state index contributed by atoms with van der Waals surface area (Å²) in [6.07, 6.45) is -0.711. The molecule has 16 heteroatoms. The van der Waals surface area contributed by atoms with Crippen molar-refractivity contribution in [2.45, 2.75) is 47.0 Å². The molecule has 47 heavy (non-hydrogen) atoms. The van der Waals surface area contributed by atoms with Crippen molar-refractivity contribution in [3.8, 4) is 5.75 Å². The van der Waals surface area contributed by atoms with Gasteiger partial charge in [0.2, 0.25) is 27.4 Å². The van der Waals surface area contributed by atoms with E-state index in [0.29, 0.717) is 6.42 Å². The van der Waals surface area contributed by atoms with Crippen LogP contribution in [0, 0.1) is 46.9 Å². The molecule has 2 saturated carbocycles. The van der Waals surface area contributed by atoms with Crippen LogP contribution in [0.25, 0.3) is 0 Å². The summed E-state index contributed by atoms with van der Waals surface area (Å²) in [6, 6.07) is 14.6. The number of benzene rings is 3. The zero-order valence-corrected chi connectivity index (χ0v) is 25.4. The van der Waals surface area contributed by atoms with Gasteiger partial charge < -0.3 is 14.0 Å².